The molecule has 1 aromatic heterocycles. The molecule has 0 unspecified atom stereocenters. The van der Waals surface area contributed by atoms with Crippen LogP contribution in [0, 0.1) is 0 Å². The van der Waals surface area contributed by atoms with Crippen molar-refractivity contribution >= 4 is 39.1 Å². The molecule has 0 aliphatic heterocycles. The third kappa shape index (κ3) is 3.11. The van der Waals surface area contributed by atoms with E-state index < -0.39 is 0 Å². The van der Waals surface area contributed by atoms with Gasteiger partial charge in [-0.2, -0.15) is 0 Å². The number of pyridine rings is 1. The fourth-order valence-corrected chi connectivity index (χ4v) is 2.19. The Hall–Kier alpha value is -1.59. The third-order valence-corrected chi connectivity index (χ3v) is 3.54. The first kappa shape index (κ1) is 14.8. The van der Waals surface area contributed by atoms with Gasteiger partial charge in [-0.05, 0) is 46.3 Å². The molecule has 0 atom stereocenters. The van der Waals surface area contributed by atoms with Crippen molar-refractivity contribution in [2.45, 2.75) is 0 Å². The van der Waals surface area contributed by atoms with Crippen LogP contribution in [-0.2, 0) is 0 Å². The average molecular weight is 356 g/mol. The van der Waals surface area contributed by atoms with Crippen LogP contribution in [0.5, 0.6) is 5.75 Å². The average Bonchev–Trinajstić information content (AvgIpc) is 2.48. The van der Waals surface area contributed by atoms with Gasteiger partial charge >= 0.3 is 0 Å². The maximum absolute atomic E-state index is 12.4. The van der Waals surface area contributed by atoms with Crippen LogP contribution in [0.3, 0.4) is 0 Å². The van der Waals surface area contributed by atoms with Gasteiger partial charge in [-0.15, -0.1) is 0 Å². The van der Waals surface area contributed by atoms with E-state index in [1.54, 1.807) is 50.7 Å². The first-order valence-electron chi connectivity index (χ1n) is 5.76. The molecule has 0 saturated heterocycles. The second-order valence-electron chi connectivity index (χ2n) is 4.05. The minimum absolute atomic E-state index is 0.179. The Morgan fingerprint density at radius 1 is 1.35 bits per heavy atom. The number of hydrogen-bond acceptors (Lipinski definition) is 3. The number of carbonyl (C=O) groups is 1. The molecule has 0 N–H and O–H groups in total. The van der Waals surface area contributed by atoms with Crippen LogP contribution in [0.4, 0.5) is 5.69 Å². The summed E-state index contributed by atoms with van der Waals surface area (Å²) in [6, 6.07) is 8.84. The maximum Gasteiger partial charge on any atom is 0.261 e. The van der Waals surface area contributed by atoms with Crippen LogP contribution in [-0.4, -0.2) is 25.0 Å². The summed E-state index contributed by atoms with van der Waals surface area (Å²) in [7, 11) is 3.28. The predicted molar refractivity (Wildman–Crippen MR) is 82.7 cm³/mol. The molecule has 0 aliphatic rings. The van der Waals surface area contributed by atoms with Crippen molar-refractivity contribution < 1.29 is 9.53 Å². The predicted octanol–water partition coefficient (Wildman–Crippen LogP) is 3.78. The number of hydrogen-bond donors (Lipinski definition) is 0. The summed E-state index contributed by atoms with van der Waals surface area (Å²) in [5, 5.41) is 0.179. The van der Waals surface area contributed by atoms with Gasteiger partial charge in [0, 0.05) is 23.4 Å². The van der Waals surface area contributed by atoms with Gasteiger partial charge in [0.05, 0.1) is 12.7 Å². The second kappa shape index (κ2) is 6.24. The minimum Gasteiger partial charge on any atom is -0.497 e. The second-order valence-corrected chi connectivity index (χ2v) is 5.33. The van der Waals surface area contributed by atoms with Crippen LogP contribution in [0.1, 0.15) is 10.4 Å². The highest BCUT2D eigenvalue weighted by Gasteiger charge is 2.17. The fourth-order valence-electron chi connectivity index (χ4n) is 1.68. The monoisotopic (exact) mass is 354 g/mol. The van der Waals surface area contributed by atoms with Gasteiger partial charge in [0.15, 0.2) is 0 Å². The topological polar surface area (TPSA) is 42.4 Å². The lowest BCUT2D eigenvalue weighted by molar-refractivity contribution is 0.0992. The van der Waals surface area contributed by atoms with Crippen molar-refractivity contribution in [2.75, 3.05) is 19.1 Å². The van der Waals surface area contributed by atoms with Crippen molar-refractivity contribution in [2.24, 2.45) is 0 Å². The zero-order chi connectivity index (χ0) is 14.7. The molecule has 0 spiro atoms. The summed E-state index contributed by atoms with van der Waals surface area (Å²) < 4.78 is 5.79. The normalized spacial score (nSPS) is 10.2. The van der Waals surface area contributed by atoms with E-state index in [1.165, 1.54) is 4.90 Å². The highest BCUT2D eigenvalue weighted by atomic mass is 79.9. The number of methoxy groups -OCH3 is 1. The number of nitrogens with zero attached hydrogens (tertiary/aromatic N) is 2. The molecule has 2 aromatic rings. The molecule has 2 rings (SSSR count). The Labute approximate surface area is 130 Å². The van der Waals surface area contributed by atoms with E-state index in [4.69, 9.17) is 16.3 Å². The molecule has 0 aliphatic carbocycles. The molecule has 4 nitrogen and oxygen atoms in total. The van der Waals surface area contributed by atoms with E-state index in [9.17, 15) is 4.79 Å². The molecule has 20 heavy (non-hydrogen) atoms. The van der Waals surface area contributed by atoms with E-state index in [2.05, 4.69) is 20.9 Å². The number of rotatable bonds is 3. The fraction of sp³-hybridized carbons (Fsp3) is 0.143. The molecule has 0 saturated carbocycles. The summed E-state index contributed by atoms with van der Waals surface area (Å²) >= 11 is 9.25. The lowest BCUT2D eigenvalue weighted by Crippen LogP contribution is -2.26. The zero-order valence-corrected chi connectivity index (χ0v) is 13.3. The molecule has 1 amide bonds. The summed E-state index contributed by atoms with van der Waals surface area (Å²) in [6.07, 6.45) is 1.55. The lowest BCUT2D eigenvalue weighted by Gasteiger charge is -2.18. The highest BCUT2D eigenvalue weighted by molar-refractivity contribution is 9.10. The zero-order valence-electron chi connectivity index (χ0n) is 10.9. The number of carbonyl (C=O) groups excluding carboxylic acids is 1. The number of aromatic nitrogens is 1. The highest BCUT2D eigenvalue weighted by Crippen LogP contribution is 2.23. The molecule has 1 aromatic carbocycles. The molecule has 0 bridgehead atoms. The molecular weight excluding hydrogens is 344 g/mol. The minimum atomic E-state index is -0.228. The molecular formula is C14H12BrClN2O2. The number of benzene rings is 1. The number of ether oxygens (including phenoxy) is 1. The van der Waals surface area contributed by atoms with Gasteiger partial charge in [-0.1, -0.05) is 11.6 Å². The SMILES string of the molecule is COc1ccc(N(C)C(=O)c2cc(Br)cnc2Cl)cc1. The Morgan fingerprint density at radius 3 is 2.60 bits per heavy atom. The molecule has 1 heterocycles. The summed E-state index contributed by atoms with van der Waals surface area (Å²) in [5.74, 6) is 0.505. The standard InChI is InChI=1S/C14H12BrClN2O2/c1-18(10-3-5-11(20-2)6-4-10)14(19)12-7-9(15)8-17-13(12)16/h3-8H,1-2H3. The Balaban J connectivity index is 2.29. The van der Waals surface area contributed by atoms with E-state index in [0.717, 1.165) is 11.4 Å². The summed E-state index contributed by atoms with van der Waals surface area (Å²) in [4.78, 5) is 17.9. The van der Waals surface area contributed by atoms with Crippen LogP contribution in [0.2, 0.25) is 5.15 Å². The molecule has 6 heteroatoms. The first-order chi connectivity index (χ1) is 9.52. The van der Waals surface area contributed by atoms with Crippen LogP contribution in [0.25, 0.3) is 0 Å². The van der Waals surface area contributed by atoms with E-state index in [1.807, 2.05) is 0 Å². The Morgan fingerprint density at radius 2 is 2.00 bits per heavy atom. The number of halogens is 2. The van der Waals surface area contributed by atoms with Gasteiger partial charge in [0.1, 0.15) is 10.9 Å². The number of anilines is 1. The summed E-state index contributed by atoms with van der Waals surface area (Å²) in [6.45, 7) is 0. The Bertz CT molecular complexity index is 632. The van der Waals surface area contributed by atoms with Gasteiger partial charge in [-0.25, -0.2) is 4.98 Å². The molecule has 0 radical (unpaired) electrons. The largest absolute Gasteiger partial charge is 0.497 e. The van der Waals surface area contributed by atoms with Crippen LogP contribution >= 0.6 is 27.5 Å². The van der Waals surface area contributed by atoms with E-state index in [-0.39, 0.29) is 11.1 Å². The third-order valence-electron chi connectivity index (χ3n) is 2.80. The Kier molecular flexibility index (Phi) is 4.62. The summed E-state index contributed by atoms with van der Waals surface area (Å²) in [5.41, 5.74) is 1.09. The van der Waals surface area contributed by atoms with Crippen molar-refractivity contribution in [3.05, 3.63) is 51.7 Å². The van der Waals surface area contributed by atoms with Gasteiger partial charge in [0.2, 0.25) is 0 Å². The van der Waals surface area contributed by atoms with E-state index in [0.29, 0.717) is 10.0 Å². The van der Waals surface area contributed by atoms with Crippen molar-refractivity contribution in [3.63, 3.8) is 0 Å². The first-order valence-corrected chi connectivity index (χ1v) is 6.93. The van der Waals surface area contributed by atoms with Crippen LogP contribution < -0.4 is 9.64 Å². The lowest BCUT2D eigenvalue weighted by atomic mass is 10.2. The quantitative estimate of drug-likeness (QED) is 0.787. The van der Waals surface area contributed by atoms with Gasteiger partial charge in [-0.3, -0.25) is 4.79 Å². The van der Waals surface area contributed by atoms with Gasteiger partial charge < -0.3 is 9.64 Å². The molecule has 0 fully saturated rings. The smallest absolute Gasteiger partial charge is 0.261 e. The molecule has 104 valence electrons. The van der Waals surface area contributed by atoms with Crippen molar-refractivity contribution in [1.29, 1.82) is 0 Å². The van der Waals surface area contributed by atoms with Crippen molar-refractivity contribution in [1.82, 2.24) is 4.98 Å². The number of amides is 1. The van der Waals surface area contributed by atoms with Crippen molar-refractivity contribution in [3.8, 4) is 5.75 Å². The van der Waals surface area contributed by atoms with E-state index >= 15 is 0 Å². The maximum atomic E-state index is 12.4. The van der Waals surface area contributed by atoms with Gasteiger partial charge in [0.25, 0.3) is 5.91 Å². The van der Waals surface area contributed by atoms with Crippen LogP contribution in [0.15, 0.2) is 41.0 Å².